The predicted octanol–water partition coefficient (Wildman–Crippen LogP) is 3.94. The third-order valence-electron chi connectivity index (χ3n) is 2.67. The van der Waals surface area contributed by atoms with Crippen LogP contribution in [-0.2, 0) is 4.74 Å². The van der Waals surface area contributed by atoms with Gasteiger partial charge in [-0.1, -0.05) is 11.6 Å². The van der Waals surface area contributed by atoms with Crippen LogP contribution >= 0.6 is 23.8 Å². The molecule has 0 aromatic heterocycles. The van der Waals surface area contributed by atoms with Crippen LogP contribution in [0.4, 0.5) is 11.4 Å². The van der Waals surface area contributed by atoms with E-state index in [0.29, 0.717) is 15.7 Å². The maximum Gasteiger partial charge on any atom is 0.337 e. The van der Waals surface area contributed by atoms with Crippen molar-refractivity contribution in [2.24, 2.45) is 0 Å². The van der Waals surface area contributed by atoms with Crippen molar-refractivity contribution in [1.29, 1.82) is 0 Å². The molecule has 0 saturated carbocycles. The Morgan fingerprint density at radius 3 is 1.95 bits per heavy atom. The summed E-state index contributed by atoms with van der Waals surface area (Å²) in [7, 11) is 1.35. The van der Waals surface area contributed by atoms with Gasteiger partial charge in [-0.2, -0.15) is 0 Å². The van der Waals surface area contributed by atoms with Crippen LogP contribution < -0.4 is 10.6 Å². The number of hydrogen-bond donors (Lipinski definition) is 2. The van der Waals surface area contributed by atoms with Crippen molar-refractivity contribution in [1.82, 2.24) is 0 Å². The summed E-state index contributed by atoms with van der Waals surface area (Å²) >= 11 is 11.0. The topological polar surface area (TPSA) is 50.4 Å². The molecule has 21 heavy (non-hydrogen) atoms. The van der Waals surface area contributed by atoms with Crippen LogP contribution in [0.5, 0.6) is 0 Å². The number of hydrogen-bond acceptors (Lipinski definition) is 3. The van der Waals surface area contributed by atoms with Crippen molar-refractivity contribution < 1.29 is 9.53 Å². The number of methoxy groups -OCH3 is 1. The third-order valence-corrected chi connectivity index (χ3v) is 3.12. The number of ether oxygens (including phenoxy) is 1. The summed E-state index contributed by atoms with van der Waals surface area (Å²) in [6.45, 7) is 0. The molecule has 0 aliphatic carbocycles. The van der Waals surface area contributed by atoms with Crippen LogP contribution in [0.15, 0.2) is 48.5 Å². The Balaban J connectivity index is 1.96. The summed E-state index contributed by atoms with van der Waals surface area (Å²) in [6.07, 6.45) is 0. The lowest BCUT2D eigenvalue weighted by Gasteiger charge is -2.11. The molecule has 2 aromatic carbocycles. The second-order valence-corrected chi connectivity index (χ2v) is 5.00. The molecular weight excluding hydrogens is 308 g/mol. The minimum atomic E-state index is -0.372. The van der Waals surface area contributed by atoms with Gasteiger partial charge in [-0.25, -0.2) is 4.79 Å². The minimum absolute atomic E-state index is 0.372. The largest absolute Gasteiger partial charge is 0.465 e. The van der Waals surface area contributed by atoms with Crippen molar-refractivity contribution in [2.75, 3.05) is 17.7 Å². The molecule has 0 amide bonds. The van der Waals surface area contributed by atoms with Crippen LogP contribution in [0.25, 0.3) is 0 Å². The monoisotopic (exact) mass is 320 g/mol. The maximum atomic E-state index is 11.3. The first-order valence-corrected chi connectivity index (χ1v) is 6.89. The lowest BCUT2D eigenvalue weighted by Crippen LogP contribution is -2.19. The van der Waals surface area contributed by atoms with Gasteiger partial charge >= 0.3 is 5.97 Å². The van der Waals surface area contributed by atoms with Gasteiger partial charge in [-0.15, -0.1) is 0 Å². The standard InChI is InChI=1S/C15H13ClN2O2S/c1-20-14(19)10-2-6-12(7-3-10)17-15(21)18-13-8-4-11(16)5-9-13/h2-9H,1H3,(H2,17,18,21). The van der Waals surface area contributed by atoms with Crippen molar-refractivity contribution in [3.8, 4) is 0 Å². The second kappa shape index (κ2) is 7.06. The minimum Gasteiger partial charge on any atom is -0.465 e. The fourth-order valence-corrected chi connectivity index (χ4v) is 2.00. The average molecular weight is 321 g/mol. The van der Waals surface area contributed by atoms with Crippen LogP contribution in [0.3, 0.4) is 0 Å². The number of halogens is 1. The molecule has 2 rings (SSSR count). The molecule has 4 nitrogen and oxygen atoms in total. The fraction of sp³-hybridized carbons (Fsp3) is 0.0667. The normalized spacial score (nSPS) is 9.81. The van der Waals surface area contributed by atoms with E-state index >= 15 is 0 Å². The van der Waals surface area contributed by atoms with Crippen LogP contribution in [0, 0.1) is 0 Å². The molecule has 2 N–H and O–H groups in total. The zero-order chi connectivity index (χ0) is 15.2. The van der Waals surface area contributed by atoms with Gasteiger partial charge in [0, 0.05) is 16.4 Å². The van der Waals surface area contributed by atoms with Gasteiger partial charge in [0.1, 0.15) is 0 Å². The zero-order valence-corrected chi connectivity index (χ0v) is 12.8. The Morgan fingerprint density at radius 1 is 1.00 bits per heavy atom. The predicted molar refractivity (Wildman–Crippen MR) is 89.1 cm³/mol. The van der Waals surface area contributed by atoms with E-state index in [4.69, 9.17) is 23.8 Å². The molecule has 0 fully saturated rings. The second-order valence-electron chi connectivity index (χ2n) is 4.15. The van der Waals surface area contributed by atoms with E-state index in [1.54, 1.807) is 36.4 Å². The molecule has 0 atom stereocenters. The molecule has 0 unspecified atom stereocenters. The summed E-state index contributed by atoms with van der Waals surface area (Å²) in [4.78, 5) is 11.3. The smallest absolute Gasteiger partial charge is 0.337 e. The van der Waals surface area contributed by atoms with Crippen molar-refractivity contribution in [2.45, 2.75) is 0 Å². The molecule has 0 saturated heterocycles. The molecular formula is C15H13ClN2O2S. The molecule has 2 aromatic rings. The van der Waals surface area contributed by atoms with Gasteiger partial charge in [0.25, 0.3) is 0 Å². The van der Waals surface area contributed by atoms with Gasteiger partial charge < -0.3 is 15.4 Å². The lowest BCUT2D eigenvalue weighted by atomic mass is 10.2. The molecule has 0 bridgehead atoms. The first kappa shape index (κ1) is 15.3. The highest BCUT2D eigenvalue weighted by molar-refractivity contribution is 7.80. The Morgan fingerprint density at radius 2 is 1.48 bits per heavy atom. The van der Waals surface area contributed by atoms with Crippen molar-refractivity contribution in [3.05, 3.63) is 59.1 Å². The number of carbonyl (C=O) groups excluding carboxylic acids is 1. The summed E-state index contributed by atoms with van der Waals surface area (Å²) in [5.41, 5.74) is 2.09. The van der Waals surface area contributed by atoms with E-state index < -0.39 is 0 Å². The van der Waals surface area contributed by atoms with E-state index in [1.807, 2.05) is 12.1 Å². The van der Waals surface area contributed by atoms with Crippen LogP contribution in [0.1, 0.15) is 10.4 Å². The summed E-state index contributed by atoms with van der Waals surface area (Å²) < 4.78 is 4.64. The maximum absolute atomic E-state index is 11.3. The molecule has 0 aliphatic heterocycles. The highest BCUT2D eigenvalue weighted by Crippen LogP contribution is 2.15. The van der Waals surface area contributed by atoms with Crippen LogP contribution in [0.2, 0.25) is 5.02 Å². The number of anilines is 2. The highest BCUT2D eigenvalue weighted by atomic mass is 35.5. The number of esters is 1. The Bertz CT molecular complexity index is 642. The Labute approximate surface area is 133 Å². The average Bonchev–Trinajstić information content (AvgIpc) is 2.49. The quantitative estimate of drug-likeness (QED) is 0.663. The molecule has 108 valence electrons. The van der Waals surface area contributed by atoms with Gasteiger partial charge in [0.05, 0.1) is 12.7 Å². The number of nitrogens with one attached hydrogen (secondary N) is 2. The SMILES string of the molecule is COC(=O)c1ccc(NC(=S)Nc2ccc(Cl)cc2)cc1. The van der Waals surface area contributed by atoms with Gasteiger partial charge in [0.15, 0.2) is 5.11 Å². The lowest BCUT2D eigenvalue weighted by molar-refractivity contribution is 0.0601. The molecule has 0 spiro atoms. The number of carbonyl (C=O) groups is 1. The molecule has 0 radical (unpaired) electrons. The summed E-state index contributed by atoms with van der Waals surface area (Å²) in [6, 6.07) is 14.0. The number of thiocarbonyl (C=S) groups is 1. The van der Waals surface area contributed by atoms with Crippen LogP contribution in [-0.4, -0.2) is 18.2 Å². The molecule has 0 heterocycles. The van der Waals surface area contributed by atoms with E-state index in [-0.39, 0.29) is 5.97 Å². The van der Waals surface area contributed by atoms with E-state index in [9.17, 15) is 4.79 Å². The Hall–Kier alpha value is -2.11. The first-order chi connectivity index (χ1) is 10.1. The third kappa shape index (κ3) is 4.44. The Kier molecular flexibility index (Phi) is 5.14. The number of benzene rings is 2. The van der Waals surface area contributed by atoms with E-state index in [2.05, 4.69) is 15.4 Å². The summed E-state index contributed by atoms with van der Waals surface area (Å²) in [5.74, 6) is -0.372. The molecule has 0 aliphatic rings. The fourth-order valence-electron chi connectivity index (χ4n) is 1.63. The van der Waals surface area contributed by atoms with E-state index in [0.717, 1.165) is 11.4 Å². The van der Waals surface area contributed by atoms with Crippen molar-refractivity contribution in [3.63, 3.8) is 0 Å². The molecule has 6 heteroatoms. The summed E-state index contributed by atoms with van der Waals surface area (Å²) in [5, 5.41) is 7.17. The van der Waals surface area contributed by atoms with Gasteiger partial charge in [-0.05, 0) is 60.7 Å². The highest BCUT2D eigenvalue weighted by Gasteiger charge is 2.05. The van der Waals surface area contributed by atoms with Crippen molar-refractivity contribution >= 4 is 46.3 Å². The van der Waals surface area contributed by atoms with Gasteiger partial charge in [-0.3, -0.25) is 0 Å². The van der Waals surface area contributed by atoms with E-state index in [1.165, 1.54) is 7.11 Å². The first-order valence-electron chi connectivity index (χ1n) is 6.10. The zero-order valence-electron chi connectivity index (χ0n) is 11.2. The number of rotatable bonds is 3. The van der Waals surface area contributed by atoms with Gasteiger partial charge in [0.2, 0.25) is 0 Å².